The fourth-order valence-electron chi connectivity index (χ4n) is 0.965. The van der Waals surface area contributed by atoms with Crippen molar-refractivity contribution < 1.29 is 5.11 Å². The number of thiocarbonyl (C=S) groups is 1. The molecule has 0 aliphatic carbocycles. The fourth-order valence-corrected chi connectivity index (χ4v) is 2.46. The summed E-state index contributed by atoms with van der Waals surface area (Å²) in [4.78, 5) is 4.79. The summed E-state index contributed by atoms with van der Waals surface area (Å²) in [5.41, 5.74) is 1.41. The average molecular weight is 257 g/mol. The predicted octanol–water partition coefficient (Wildman–Crippen LogP) is 3.48. The Balaban J connectivity index is 3.17. The largest absolute Gasteiger partial charge is 0.505 e. The van der Waals surface area contributed by atoms with E-state index in [2.05, 4.69) is 11.6 Å². The molecular weight excluding hydrogens is 246 g/mol. The van der Waals surface area contributed by atoms with Crippen LogP contribution >= 0.6 is 35.7 Å². The molecule has 0 saturated carbocycles. The van der Waals surface area contributed by atoms with Crippen molar-refractivity contribution in [2.45, 2.75) is 11.8 Å². The standard InChI is InChI=1S/C10H11NOS3/c1-4-7-5-11-6(2)8(12)9(7)15-10(13)14-3/h4-5,12H,1H2,2-3H3. The highest BCUT2D eigenvalue weighted by molar-refractivity contribution is 8.47. The van der Waals surface area contributed by atoms with Crippen LogP contribution in [0.5, 0.6) is 5.75 Å². The quantitative estimate of drug-likeness (QED) is 0.648. The van der Waals surface area contributed by atoms with E-state index >= 15 is 0 Å². The molecule has 0 aliphatic rings. The van der Waals surface area contributed by atoms with E-state index in [1.54, 1.807) is 19.2 Å². The molecule has 15 heavy (non-hydrogen) atoms. The first-order chi connectivity index (χ1) is 7.10. The molecule has 1 rings (SSSR count). The van der Waals surface area contributed by atoms with Gasteiger partial charge in [0, 0.05) is 11.8 Å². The Morgan fingerprint density at radius 1 is 1.67 bits per heavy atom. The number of rotatable bonds is 2. The first-order valence-electron chi connectivity index (χ1n) is 4.17. The minimum absolute atomic E-state index is 0.189. The van der Waals surface area contributed by atoms with Crippen LogP contribution in [-0.2, 0) is 0 Å². The Labute approximate surface area is 103 Å². The van der Waals surface area contributed by atoms with E-state index in [1.165, 1.54) is 23.5 Å². The summed E-state index contributed by atoms with van der Waals surface area (Å²) in [5, 5.41) is 9.85. The number of pyridine rings is 1. The summed E-state index contributed by atoms with van der Waals surface area (Å²) in [6.45, 7) is 5.44. The summed E-state index contributed by atoms with van der Waals surface area (Å²) in [5.74, 6) is 0.189. The van der Waals surface area contributed by atoms with E-state index in [-0.39, 0.29) is 5.75 Å². The Hall–Kier alpha value is -0.520. The number of hydrogen-bond acceptors (Lipinski definition) is 5. The van der Waals surface area contributed by atoms with Crippen molar-refractivity contribution in [2.24, 2.45) is 0 Å². The lowest BCUT2D eigenvalue weighted by Crippen LogP contribution is -1.90. The van der Waals surface area contributed by atoms with Crippen LogP contribution in [0.2, 0.25) is 0 Å². The van der Waals surface area contributed by atoms with Gasteiger partial charge in [-0.15, -0.1) is 11.8 Å². The average Bonchev–Trinajstić information content (AvgIpc) is 2.25. The zero-order chi connectivity index (χ0) is 11.4. The minimum atomic E-state index is 0.189. The van der Waals surface area contributed by atoms with Crippen LogP contribution in [0.15, 0.2) is 17.7 Å². The minimum Gasteiger partial charge on any atom is -0.505 e. The molecule has 5 heteroatoms. The van der Waals surface area contributed by atoms with Crippen molar-refractivity contribution in [1.29, 1.82) is 0 Å². The van der Waals surface area contributed by atoms with Crippen molar-refractivity contribution in [3.8, 4) is 5.75 Å². The monoisotopic (exact) mass is 257 g/mol. The van der Waals surface area contributed by atoms with E-state index < -0.39 is 0 Å². The van der Waals surface area contributed by atoms with Crippen molar-refractivity contribution in [3.63, 3.8) is 0 Å². The molecule has 0 amide bonds. The zero-order valence-corrected chi connectivity index (χ0v) is 10.9. The van der Waals surface area contributed by atoms with Gasteiger partial charge in [-0.2, -0.15) is 0 Å². The molecular formula is C10H11NOS3. The molecule has 0 bridgehead atoms. The first-order valence-corrected chi connectivity index (χ1v) is 6.62. The van der Waals surface area contributed by atoms with E-state index in [9.17, 15) is 5.11 Å². The number of aryl methyl sites for hydroxylation is 1. The smallest absolute Gasteiger partial charge is 0.151 e. The topological polar surface area (TPSA) is 33.1 Å². The Morgan fingerprint density at radius 2 is 2.33 bits per heavy atom. The van der Waals surface area contributed by atoms with Crippen LogP contribution in [0.3, 0.4) is 0 Å². The van der Waals surface area contributed by atoms with Crippen molar-refractivity contribution in [1.82, 2.24) is 4.98 Å². The predicted molar refractivity (Wildman–Crippen MR) is 72.7 cm³/mol. The number of aromatic nitrogens is 1. The molecule has 0 aliphatic heterocycles. The molecule has 2 nitrogen and oxygen atoms in total. The first kappa shape index (κ1) is 12.5. The van der Waals surface area contributed by atoms with Crippen LogP contribution in [0.1, 0.15) is 11.3 Å². The summed E-state index contributed by atoms with van der Waals surface area (Å²) in [6.07, 6.45) is 5.26. The summed E-state index contributed by atoms with van der Waals surface area (Å²) >= 11 is 7.96. The third kappa shape index (κ3) is 2.96. The third-order valence-corrected chi connectivity index (χ3v) is 4.42. The van der Waals surface area contributed by atoms with Crippen LogP contribution in [0.4, 0.5) is 0 Å². The number of aromatic hydroxyl groups is 1. The van der Waals surface area contributed by atoms with Gasteiger partial charge >= 0.3 is 0 Å². The van der Waals surface area contributed by atoms with Crippen LogP contribution in [-0.4, -0.2) is 19.9 Å². The van der Waals surface area contributed by atoms with Gasteiger partial charge in [0.2, 0.25) is 0 Å². The second kappa shape index (κ2) is 5.53. The molecule has 1 aromatic rings. The summed E-state index contributed by atoms with van der Waals surface area (Å²) < 4.78 is 0.763. The maximum absolute atomic E-state index is 9.85. The van der Waals surface area contributed by atoms with E-state index in [1.807, 2.05) is 6.26 Å². The molecule has 0 atom stereocenters. The highest BCUT2D eigenvalue weighted by atomic mass is 32.2. The van der Waals surface area contributed by atoms with Gasteiger partial charge in [-0.05, 0) is 13.2 Å². The van der Waals surface area contributed by atoms with Crippen molar-refractivity contribution in [2.75, 3.05) is 6.26 Å². The third-order valence-electron chi connectivity index (χ3n) is 1.79. The van der Waals surface area contributed by atoms with Crippen molar-refractivity contribution >= 4 is 45.3 Å². The van der Waals surface area contributed by atoms with E-state index in [0.717, 1.165) is 14.0 Å². The lowest BCUT2D eigenvalue weighted by molar-refractivity contribution is 0.454. The van der Waals surface area contributed by atoms with Gasteiger partial charge in [0.1, 0.15) is 3.53 Å². The van der Waals surface area contributed by atoms with Gasteiger partial charge in [-0.3, -0.25) is 4.98 Å². The summed E-state index contributed by atoms with van der Waals surface area (Å²) in [6, 6.07) is 0. The van der Waals surface area contributed by atoms with Crippen LogP contribution < -0.4 is 0 Å². The van der Waals surface area contributed by atoms with Gasteiger partial charge in [0.15, 0.2) is 5.75 Å². The lowest BCUT2D eigenvalue weighted by Gasteiger charge is -2.09. The van der Waals surface area contributed by atoms with Crippen molar-refractivity contribution in [3.05, 3.63) is 24.0 Å². The maximum Gasteiger partial charge on any atom is 0.151 e. The van der Waals surface area contributed by atoms with Gasteiger partial charge in [-0.1, -0.05) is 36.6 Å². The molecule has 0 fully saturated rings. The normalized spacial score (nSPS) is 10.0. The maximum atomic E-state index is 9.85. The Bertz CT molecular complexity index is 404. The molecule has 0 radical (unpaired) electrons. The van der Waals surface area contributed by atoms with E-state index in [0.29, 0.717) is 5.69 Å². The molecule has 1 aromatic heterocycles. The molecule has 0 unspecified atom stereocenters. The molecule has 1 heterocycles. The highest BCUT2D eigenvalue weighted by Gasteiger charge is 2.12. The zero-order valence-electron chi connectivity index (χ0n) is 8.48. The molecule has 1 N–H and O–H groups in total. The van der Waals surface area contributed by atoms with Crippen LogP contribution in [0, 0.1) is 6.92 Å². The molecule has 0 aromatic carbocycles. The number of nitrogens with zero attached hydrogens (tertiary/aromatic N) is 1. The second-order valence-corrected chi connectivity index (χ2v) is 5.76. The van der Waals surface area contributed by atoms with E-state index in [4.69, 9.17) is 12.2 Å². The molecule has 0 saturated heterocycles. The van der Waals surface area contributed by atoms with Gasteiger partial charge in [0.05, 0.1) is 10.6 Å². The summed E-state index contributed by atoms with van der Waals surface area (Å²) in [7, 11) is 0. The molecule has 0 spiro atoms. The highest BCUT2D eigenvalue weighted by Crippen LogP contribution is 2.36. The Kier molecular flexibility index (Phi) is 4.63. The molecule has 80 valence electrons. The Morgan fingerprint density at radius 3 is 2.87 bits per heavy atom. The van der Waals surface area contributed by atoms with Crippen LogP contribution in [0.25, 0.3) is 6.08 Å². The number of hydrogen-bond donors (Lipinski definition) is 1. The fraction of sp³-hybridized carbons (Fsp3) is 0.200. The second-order valence-electron chi connectivity index (χ2n) is 2.74. The van der Waals surface area contributed by atoms with Gasteiger partial charge in [0.25, 0.3) is 0 Å². The lowest BCUT2D eigenvalue weighted by atomic mass is 10.2. The number of thioether (sulfide) groups is 2. The van der Waals surface area contributed by atoms with Gasteiger partial charge in [-0.25, -0.2) is 0 Å². The SMILES string of the molecule is C=Cc1cnc(C)c(O)c1SC(=S)SC. The van der Waals surface area contributed by atoms with Gasteiger partial charge < -0.3 is 5.11 Å².